The van der Waals surface area contributed by atoms with Crippen molar-refractivity contribution in [1.29, 1.82) is 0 Å². The molecule has 0 saturated carbocycles. The van der Waals surface area contributed by atoms with Crippen LogP contribution in [0.4, 0.5) is 19.0 Å². The third-order valence-corrected chi connectivity index (χ3v) is 3.84. The normalized spacial score (nSPS) is 12.7. The quantitative estimate of drug-likeness (QED) is 0.769. The number of hydrogen-bond acceptors (Lipinski definition) is 5. The predicted octanol–water partition coefficient (Wildman–Crippen LogP) is 2.40. The average molecular weight is 387 g/mol. The van der Waals surface area contributed by atoms with E-state index in [1.54, 1.807) is 13.8 Å². The van der Waals surface area contributed by atoms with E-state index < -0.39 is 29.7 Å². The molecule has 2 heterocycles. The molecule has 1 atom stereocenters. The highest BCUT2D eigenvalue weighted by atomic mass is 19.4. The predicted molar refractivity (Wildman–Crippen MR) is 88.9 cm³/mol. The summed E-state index contributed by atoms with van der Waals surface area (Å²) in [6, 6.07) is 0.921. The Morgan fingerprint density at radius 3 is 2.59 bits per heavy atom. The number of nitrogens with one attached hydrogen (secondary N) is 1. The Bertz CT molecular complexity index is 841. The number of ether oxygens (including phenoxy) is 1. The number of nitrogens with zero attached hydrogens (tertiary/aromatic N) is 4. The van der Waals surface area contributed by atoms with E-state index >= 15 is 0 Å². The van der Waals surface area contributed by atoms with Gasteiger partial charge in [-0.15, -0.1) is 0 Å². The Morgan fingerprint density at radius 2 is 2.04 bits per heavy atom. The van der Waals surface area contributed by atoms with Crippen molar-refractivity contribution in [3.8, 4) is 0 Å². The van der Waals surface area contributed by atoms with Crippen molar-refractivity contribution in [2.45, 2.75) is 33.5 Å². The molecule has 0 saturated heterocycles. The van der Waals surface area contributed by atoms with Crippen LogP contribution in [0.25, 0.3) is 0 Å². The van der Waals surface area contributed by atoms with Crippen molar-refractivity contribution < 1.29 is 27.5 Å². The Morgan fingerprint density at radius 1 is 1.37 bits per heavy atom. The van der Waals surface area contributed by atoms with Gasteiger partial charge in [-0.2, -0.15) is 23.4 Å². The number of carbonyl (C=O) groups is 2. The van der Waals surface area contributed by atoms with Gasteiger partial charge in [0, 0.05) is 12.7 Å². The van der Waals surface area contributed by atoms with E-state index in [4.69, 9.17) is 4.74 Å². The summed E-state index contributed by atoms with van der Waals surface area (Å²) >= 11 is 0. The summed E-state index contributed by atoms with van der Waals surface area (Å²) in [6.45, 7) is 4.78. The first-order valence-corrected chi connectivity index (χ1v) is 8.16. The Hall–Kier alpha value is -2.85. The molecule has 1 amide bonds. The van der Waals surface area contributed by atoms with Gasteiger partial charge in [0.2, 0.25) is 5.91 Å². The summed E-state index contributed by atoms with van der Waals surface area (Å²) in [5.41, 5.74) is -0.631. The molecule has 148 valence electrons. The number of aromatic nitrogens is 4. The first-order valence-electron chi connectivity index (χ1n) is 8.16. The van der Waals surface area contributed by atoms with Crippen molar-refractivity contribution in [3.63, 3.8) is 0 Å². The van der Waals surface area contributed by atoms with E-state index in [0.717, 1.165) is 10.7 Å². The van der Waals surface area contributed by atoms with Gasteiger partial charge in [0.15, 0.2) is 5.69 Å². The lowest BCUT2D eigenvalue weighted by atomic mass is 10.1. The molecule has 0 fully saturated rings. The Balaban J connectivity index is 2.12. The lowest BCUT2D eigenvalue weighted by Gasteiger charge is -2.14. The standard InChI is InChI=1S/C16H20F3N5O3/c1-5-27-15(26)11-7-20-23(4)13(11)21-14(25)9(2)8-24-10(3)6-12(22-24)16(17,18)19/h6-7,9H,5,8H2,1-4H3,(H,21,25). The monoisotopic (exact) mass is 387 g/mol. The van der Waals surface area contributed by atoms with Gasteiger partial charge in [0.1, 0.15) is 11.4 Å². The molecule has 2 aromatic heterocycles. The minimum atomic E-state index is -4.55. The SMILES string of the molecule is CCOC(=O)c1cnn(C)c1NC(=O)C(C)Cn1nc(C(F)(F)F)cc1C. The van der Waals surface area contributed by atoms with Crippen LogP contribution in [0.5, 0.6) is 0 Å². The number of amides is 1. The molecule has 0 aliphatic carbocycles. The number of hydrogen-bond donors (Lipinski definition) is 1. The second kappa shape index (κ2) is 7.80. The molecule has 0 radical (unpaired) electrons. The minimum absolute atomic E-state index is 0.0552. The number of carbonyl (C=O) groups excluding carboxylic acids is 2. The Labute approximate surface area is 153 Å². The summed E-state index contributed by atoms with van der Waals surface area (Å²) in [5, 5.41) is 10.00. The maximum atomic E-state index is 12.7. The number of aryl methyl sites for hydroxylation is 2. The van der Waals surface area contributed by atoms with Crippen molar-refractivity contribution >= 4 is 17.7 Å². The molecule has 27 heavy (non-hydrogen) atoms. The molecular formula is C16H20F3N5O3. The van der Waals surface area contributed by atoms with Crippen molar-refractivity contribution in [1.82, 2.24) is 19.6 Å². The van der Waals surface area contributed by atoms with Gasteiger partial charge in [0.05, 0.1) is 25.3 Å². The maximum absolute atomic E-state index is 12.7. The number of esters is 1. The zero-order valence-electron chi connectivity index (χ0n) is 15.3. The smallest absolute Gasteiger partial charge is 0.435 e. The van der Waals surface area contributed by atoms with E-state index in [2.05, 4.69) is 15.5 Å². The lowest BCUT2D eigenvalue weighted by Crippen LogP contribution is -2.27. The van der Waals surface area contributed by atoms with E-state index in [0.29, 0.717) is 0 Å². The summed E-state index contributed by atoms with van der Waals surface area (Å²) in [7, 11) is 1.54. The average Bonchev–Trinajstić information content (AvgIpc) is 3.11. The van der Waals surface area contributed by atoms with E-state index in [9.17, 15) is 22.8 Å². The summed E-state index contributed by atoms with van der Waals surface area (Å²) in [5.74, 6) is -1.69. The van der Waals surface area contributed by atoms with Crippen LogP contribution in [0.3, 0.4) is 0 Å². The van der Waals surface area contributed by atoms with Crippen LogP contribution in [-0.4, -0.2) is 38.0 Å². The number of rotatable bonds is 6. The molecule has 0 aliphatic heterocycles. The molecule has 0 bridgehead atoms. The first-order chi connectivity index (χ1) is 12.5. The molecule has 8 nitrogen and oxygen atoms in total. The Kier molecular flexibility index (Phi) is 5.91. The lowest BCUT2D eigenvalue weighted by molar-refractivity contribution is -0.141. The molecule has 0 spiro atoms. The van der Waals surface area contributed by atoms with E-state index in [1.165, 1.54) is 24.9 Å². The van der Waals surface area contributed by atoms with Crippen LogP contribution in [-0.2, 0) is 29.3 Å². The van der Waals surface area contributed by atoms with Gasteiger partial charge in [0.25, 0.3) is 0 Å². The van der Waals surface area contributed by atoms with Crippen LogP contribution in [0.1, 0.15) is 35.6 Å². The van der Waals surface area contributed by atoms with E-state index in [1.807, 2.05) is 0 Å². The summed E-state index contributed by atoms with van der Waals surface area (Å²) in [4.78, 5) is 24.4. The van der Waals surface area contributed by atoms with Crippen LogP contribution >= 0.6 is 0 Å². The molecule has 2 aromatic rings. The van der Waals surface area contributed by atoms with Gasteiger partial charge in [-0.3, -0.25) is 14.2 Å². The number of anilines is 1. The molecule has 0 aliphatic rings. The highest BCUT2D eigenvalue weighted by molar-refractivity contribution is 6.00. The summed E-state index contributed by atoms with van der Waals surface area (Å²) in [6.07, 6.45) is -3.28. The third-order valence-electron chi connectivity index (χ3n) is 3.84. The van der Waals surface area contributed by atoms with Gasteiger partial charge in [-0.05, 0) is 19.9 Å². The van der Waals surface area contributed by atoms with Crippen LogP contribution in [0.2, 0.25) is 0 Å². The molecule has 0 aromatic carbocycles. The fraction of sp³-hybridized carbons (Fsp3) is 0.500. The summed E-state index contributed by atoms with van der Waals surface area (Å²) < 4.78 is 45.6. The second-order valence-corrected chi connectivity index (χ2v) is 5.99. The molecular weight excluding hydrogens is 367 g/mol. The highest BCUT2D eigenvalue weighted by Crippen LogP contribution is 2.28. The van der Waals surface area contributed by atoms with Crippen LogP contribution in [0, 0.1) is 12.8 Å². The van der Waals surface area contributed by atoms with E-state index in [-0.39, 0.29) is 30.2 Å². The van der Waals surface area contributed by atoms with Gasteiger partial charge in [-0.1, -0.05) is 6.92 Å². The van der Waals surface area contributed by atoms with Gasteiger partial charge < -0.3 is 10.1 Å². The van der Waals surface area contributed by atoms with Crippen molar-refractivity contribution in [2.75, 3.05) is 11.9 Å². The minimum Gasteiger partial charge on any atom is -0.462 e. The van der Waals surface area contributed by atoms with Crippen LogP contribution in [0.15, 0.2) is 12.3 Å². The molecule has 1 N–H and O–H groups in total. The van der Waals surface area contributed by atoms with Crippen molar-refractivity contribution in [2.24, 2.45) is 13.0 Å². The molecule has 11 heteroatoms. The molecule has 1 unspecified atom stereocenters. The number of halogens is 3. The zero-order chi connectivity index (χ0) is 20.4. The maximum Gasteiger partial charge on any atom is 0.435 e. The van der Waals surface area contributed by atoms with Gasteiger partial charge in [-0.25, -0.2) is 4.79 Å². The third kappa shape index (κ3) is 4.66. The van der Waals surface area contributed by atoms with Gasteiger partial charge >= 0.3 is 12.1 Å². The fourth-order valence-corrected chi connectivity index (χ4v) is 2.36. The van der Waals surface area contributed by atoms with Crippen LogP contribution < -0.4 is 5.32 Å². The molecule has 2 rings (SSSR count). The fourth-order valence-electron chi connectivity index (χ4n) is 2.36. The highest BCUT2D eigenvalue weighted by Gasteiger charge is 2.34. The largest absolute Gasteiger partial charge is 0.462 e. The van der Waals surface area contributed by atoms with Crippen molar-refractivity contribution in [3.05, 3.63) is 29.2 Å². The first kappa shape index (κ1) is 20.5. The topological polar surface area (TPSA) is 91.0 Å². The zero-order valence-corrected chi connectivity index (χ0v) is 15.3. The second-order valence-electron chi connectivity index (χ2n) is 5.99. The number of alkyl halides is 3.